The third-order valence-electron chi connectivity index (χ3n) is 5.95. The van der Waals surface area contributed by atoms with Crippen molar-refractivity contribution in [2.45, 2.75) is 18.9 Å². The van der Waals surface area contributed by atoms with Gasteiger partial charge in [-0.25, -0.2) is 4.79 Å². The van der Waals surface area contributed by atoms with E-state index >= 15 is 0 Å². The minimum Gasteiger partial charge on any atom is -0.497 e. The minimum absolute atomic E-state index is 0.0319. The van der Waals surface area contributed by atoms with Crippen LogP contribution in [0.1, 0.15) is 12.8 Å². The average molecular weight is 416 g/mol. The number of nitrogens with zero attached hydrogens (tertiary/aromatic N) is 4. The topological polar surface area (TPSA) is 82.6 Å². The largest absolute Gasteiger partial charge is 0.497 e. The van der Waals surface area contributed by atoms with Crippen molar-refractivity contribution in [2.24, 2.45) is 0 Å². The molecular formula is C21H28N4O5. The maximum absolute atomic E-state index is 12.8. The summed E-state index contributed by atoms with van der Waals surface area (Å²) >= 11 is 0. The van der Waals surface area contributed by atoms with Gasteiger partial charge in [0.25, 0.3) is 5.91 Å². The summed E-state index contributed by atoms with van der Waals surface area (Å²) in [5.74, 6) is 0.683. The number of methoxy groups -OCH3 is 1. The predicted molar refractivity (Wildman–Crippen MR) is 109 cm³/mol. The van der Waals surface area contributed by atoms with E-state index in [2.05, 4.69) is 0 Å². The van der Waals surface area contributed by atoms with Gasteiger partial charge in [-0.05, 0) is 37.1 Å². The zero-order chi connectivity index (χ0) is 21.1. The van der Waals surface area contributed by atoms with Crippen molar-refractivity contribution in [1.82, 2.24) is 14.7 Å². The highest BCUT2D eigenvalue weighted by Gasteiger charge is 2.34. The number of ether oxygens (including phenoxy) is 2. The van der Waals surface area contributed by atoms with Gasteiger partial charge in [0.05, 0.1) is 7.11 Å². The molecule has 1 aromatic carbocycles. The molecule has 3 aliphatic rings. The molecule has 0 aliphatic carbocycles. The Bertz CT molecular complexity index is 785. The van der Waals surface area contributed by atoms with E-state index in [1.807, 2.05) is 24.3 Å². The zero-order valence-electron chi connectivity index (χ0n) is 17.3. The Balaban J connectivity index is 1.27. The van der Waals surface area contributed by atoms with Gasteiger partial charge in [-0.2, -0.15) is 0 Å². The van der Waals surface area contributed by atoms with Crippen LogP contribution in [0.15, 0.2) is 24.3 Å². The van der Waals surface area contributed by atoms with Crippen LogP contribution in [0.4, 0.5) is 10.5 Å². The van der Waals surface area contributed by atoms with Crippen molar-refractivity contribution in [2.75, 3.05) is 64.4 Å². The summed E-state index contributed by atoms with van der Waals surface area (Å²) in [6.07, 6.45) is 1.38. The van der Waals surface area contributed by atoms with E-state index in [4.69, 9.17) is 9.47 Å². The Morgan fingerprint density at radius 3 is 2.37 bits per heavy atom. The maximum atomic E-state index is 12.8. The Kier molecular flexibility index (Phi) is 6.08. The fourth-order valence-electron chi connectivity index (χ4n) is 4.15. The van der Waals surface area contributed by atoms with Crippen LogP contribution in [0, 0.1) is 0 Å². The molecule has 9 heteroatoms. The lowest BCUT2D eigenvalue weighted by atomic mass is 10.2. The molecule has 3 aliphatic heterocycles. The molecule has 30 heavy (non-hydrogen) atoms. The molecule has 0 N–H and O–H groups in total. The first-order chi connectivity index (χ1) is 14.6. The van der Waals surface area contributed by atoms with E-state index < -0.39 is 0 Å². The molecule has 3 saturated heterocycles. The summed E-state index contributed by atoms with van der Waals surface area (Å²) in [4.78, 5) is 44.7. The van der Waals surface area contributed by atoms with Gasteiger partial charge in [-0.15, -0.1) is 0 Å². The molecule has 1 aromatic rings. The average Bonchev–Trinajstić information content (AvgIpc) is 3.44. The molecule has 4 rings (SSSR count). The van der Waals surface area contributed by atoms with Gasteiger partial charge in [-0.1, -0.05) is 0 Å². The van der Waals surface area contributed by atoms with Crippen molar-refractivity contribution < 1.29 is 23.9 Å². The summed E-state index contributed by atoms with van der Waals surface area (Å²) in [6.45, 7) is 3.75. The number of carbonyl (C=O) groups is 3. The summed E-state index contributed by atoms with van der Waals surface area (Å²) < 4.78 is 10.6. The lowest BCUT2D eigenvalue weighted by Crippen LogP contribution is -2.54. The highest BCUT2D eigenvalue weighted by Crippen LogP contribution is 2.23. The van der Waals surface area contributed by atoms with Crippen LogP contribution in [0.2, 0.25) is 0 Å². The van der Waals surface area contributed by atoms with Crippen molar-refractivity contribution in [1.29, 1.82) is 0 Å². The van der Waals surface area contributed by atoms with Gasteiger partial charge in [0, 0.05) is 51.6 Å². The van der Waals surface area contributed by atoms with Crippen LogP contribution < -0.4 is 9.64 Å². The monoisotopic (exact) mass is 416 g/mol. The third-order valence-corrected chi connectivity index (χ3v) is 5.95. The van der Waals surface area contributed by atoms with Gasteiger partial charge < -0.3 is 24.2 Å². The molecule has 0 aromatic heterocycles. The van der Waals surface area contributed by atoms with Crippen molar-refractivity contribution >= 4 is 23.5 Å². The molecule has 0 radical (unpaired) electrons. The van der Waals surface area contributed by atoms with Gasteiger partial charge in [0.1, 0.15) is 18.4 Å². The number of benzene rings is 1. The first-order valence-corrected chi connectivity index (χ1v) is 10.5. The van der Waals surface area contributed by atoms with Crippen LogP contribution in [-0.2, 0) is 14.3 Å². The third kappa shape index (κ3) is 4.21. The maximum Gasteiger partial charge on any atom is 0.325 e. The fraction of sp³-hybridized carbons (Fsp3) is 0.571. The lowest BCUT2D eigenvalue weighted by Gasteiger charge is -2.36. The summed E-state index contributed by atoms with van der Waals surface area (Å²) in [5.41, 5.74) is 0.789. The molecule has 1 atom stereocenters. The SMILES string of the molecule is COc1ccc(N2CCN(CC(=O)N3CCN(C(=O)C4CCCO4)CC3)C2=O)cc1. The fourth-order valence-corrected chi connectivity index (χ4v) is 4.15. The van der Waals surface area contributed by atoms with E-state index in [-0.39, 0.29) is 30.5 Å². The molecule has 0 saturated carbocycles. The van der Waals surface area contributed by atoms with Gasteiger partial charge in [0.15, 0.2) is 0 Å². The number of rotatable bonds is 5. The number of hydrogen-bond acceptors (Lipinski definition) is 5. The van der Waals surface area contributed by atoms with E-state index in [1.54, 1.807) is 26.7 Å². The number of piperazine rings is 1. The highest BCUT2D eigenvalue weighted by molar-refractivity contribution is 5.96. The second-order valence-electron chi connectivity index (χ2n) is 7.76. The van der Waals surface area contributed by atoms with Gasteiger partial charge in [-0.3, -0.25) is 14.5 Å². The van der Waals surface area contributed by atoms with E-state index in [0.29, 0.717) is 45.9 Å². The number of carbonyl (C=O) groups excluding carboxylic acids is 3. The van der Waals surface area contributed by atoms with Gasteiger partial charge in [0.2, 0.25) is 5.91 Å². The van der Waals surface area contributed by atoms with Crippen molar-refractivity contribution in [3.05, 3.63) is 24.3 Å². The van der Waals surface area contributed by atoms with Crippen LogP contribution in [0.5, 0.6) is 5.75 Å². The van der Waals surface area contributed by atoms with Crippen molar-refractivity contribution in [3.63, 3.8) is 0 Å². The van der Waals surface area contributed by atoms with E-state index in [0.717, 1.165) is 24.3 Å². The Labute approximate surface area is 176 Å². The predicted octanol–water partition coefficient (Wildman–Crippen LogP) is 0.787. The number of hydrogen-bond donors (Lipinski definition) is 0. The second kappa shape index (κ2) is 8.91. The number of amides is 4. The molecule has 0 spiro atoms. The molecule has 0 bridgehead atoms. The molecule has 4 amide bonds. The van der Waals surface area contributed by atoms with E-state index in [1.165, 1.54) is 0 Å². The van der Waals surface area contributed by atoms with Crippen LogP contribution in [-0.4, -0.2) is 98.2 Å². The first-order valence-electron chi connectivity index (χ1n) is 10.5. The summed E-state index contributed by atoms with van der Waals surface area (Å²) in [7, 11) is 1.60. The highest BCUT2D eigenvalue weighted by atomic mass is 16.5. The Hall–Kier alpha value is -2.81. The molecular weight excluding hydrogens is 388 g/mol. The first kappa shape index (κ1) is 20.5. The lowest BCUT2D eigenvalue weighted by molar-refractivity contribution is -0.146. The molecule has 9 nitrogen and oxygen atoms in total. The summed E-state index contributed by atoms with van der Waals surface area (Å²) in [5, 5.41) is 0. The zero-order valence-corrected chi connectivity index (χ0v) is 17.3. The van der Waals surface area contributed by atoms with Gasteiger partial charge >= 0.3 is 6.03 Å². The normalized spacial score (nSPS) is 22.0. The summed E-state index contributed by atoms with van der Waals surface area (Å²) in [6, 6.07) is 7.14. The second-order valence-corrected chi connectivity index (χ2v) is 7.76. The molecule has 3 fully saturated rings. The number of anilines is 1. The standard InChI is InChI=1S/C21H28N4O5/c1-29-17-6-4-16(5-7-17)25-13-12-24(21(25)28)15-19(26)22-8-10-23(11-9-22)20(27)18-3-2-14-30-18/h4-7,18H,2-3,8-15H2,1H3. The van der Waals surface area contributed by atoms with Crippen LogP contribution >= 0.6 is 0 Å². The molecule has 1 unspecified atom stereocenters. The Morgan fingerprint density at radius 1 is 1.03 bits per heavy atom. The molecule has 162 valence electrons. The van der Waals surface area contributed by atoms with E-state index in [9.17, 15) is 14.4 Å². The van der Waals surface area contributed by atoms with Crippen molar-refractivity contribution in [3.8, 4) is 5.75 Å². The number of urea groups is 1. The quantitative estimate of drug-likeness (QED) is 0.709. The minimum atomic E-state index is -0.321. The van der Waals surface area contributed by atoms with Crippen LogP contribution in [0.25, 0.3) is 0 Å². The smallest absolute Gasteiger partial charge is 0.325 e. The Morgan fingerprint density at radius 2 is 1.73 bits per heavy atom. The molecule has 3 heterocycles. The van der Waals surface area contributed by atoms with Crippen LogP contribution in [0.3, 0.4) is 0 Å².